The van der Waals surface area contributed by atoms with Crippen molar-refractivity contribution in [1.82, 2.24) is 14.9 Å². The van der Waals surface area contributed by atoms with Crippen LogP contribution in [0.3, 0.4) is 0 Å². The maximum Gasteiger partial charge on any atom is 0.422 e. The van der Waals surface area contributed by atoms with Gasteiger partial charge in [0, 0.05) is 41.8 Å². The number of alkyl halides is 3. The van der Waals surface area contributed by atoms with E-state index in [1.54, 1.807) is 12.1 Å². The summed E-state index contributed by atoms with van der Waals surface area (Å²) in [7, 11) is 0. The molecule has 1 unspecified atom stereocenters. The second-order valence-electron chi connectivity index (χ2n) is 6.63. The van der Waals surface area contributed by atoms with E-state index in [0.717, 1.165) is 23.2 Å². The van der Waals surface area contributed by atoms with Gasteiger partial charge in [0.25, 0.3) is 0 Å². The quantitative estimate of drug-likeness (QED) is 0.763. The van der Waals surface area contributed by atoms with Gasteiger partial charge in [-0.15, -0.1) is 0 Å². The number of carboxylic acids is 1. The van der Waals surface area contributed by atoms with E-state index in [1.165, 1.54) is 18.5 Å². The van der Waals surface area contributed by atoms with Crippen molar-refractivity contribution in [3.8, 4) is 5.88 Å². The summed E-state index contributed by atoms with van der Waals surface area (Å²) in [6.07, 6.45) is 1.30. The van der Waals surface area contributed by atoms with Crippen LogP contribution in [-0.2, 0) is 6.54 Å². The summed E-state index contributed by atoms with van der Waals surface area (Å²) in [5.41, 5.74) is 3.16. The molecule has 9 heteroatoms. The van der Waals surface area contributed by atoms with E-state index in [0.29, 0.717) is 12.1 Å². The minimum absolute atomic E-state index is 0.0215. The molecule has 0 spiro atoms. The van der Waals surface area contributed by atoms with Gasteiger partial charge < -0.3 is 14.7 Å². The van der Waals surface area contributed by atoms with Crippen LogP contribution in [0.4, 0.5) is 13.2 Å². The number of ether oxygens (including phenoxy) is 1. The zero-order valence-electron chi connectivity index (χ0n) is 15.9. The Morgan fingerprint density at radius 1 is 1.34 bits per heavy atom. The number of rotatable bonds is 6. The van der Waals surface area contributed by atoms with Gasteiger partial charge in [-0.2, -0.15) is 13.2 Å². The van der Waals surface area contributed by atoms with Gasteiger partial charge in [0.15, 0.2) is 12.3 Å². The smallest absolute Gasteiger partial charge is 0.422 e. The number of nitrogens with zero attached hydrogens (tertiary/aromatic N) is 3. The Bertz CT molecular complexity index is 927. The third kappa shape index (κ3) is 4.49. The second-order valence-corrected chi connectivity index (χ2v) is 6.63. The maximum atomic E-state index is 12.3. The summed E-state index contributed by atoms with van der Waals surface area (Å²) in [4.78, 5) is 21.5. The lowest BCUT2D eigenvalue weighted by Crippen LogP contribution is -2.21. The van der Waals surface area contributed by atoms with Crippen LogP contribution in [0, 0.1) is 0 Å². The Labute approximate surface area is 165 Å². The molecule has 3 heterocycles. The lowest BCUT2D eigenvalue weighted by molar-refractivity contribution is -0.154. The van der Waals surface area contributed by atoms with Crippen LogP contribution >= 0.6 is 0 Å². The first kappa shape index (κ1) is 20.6. The maximum absolute atomic E-state index is 12.3. The highest BCUT2D eigenvalue weighted by molar-refractivity contribution is 5.90. The number of aromatic nitrogens is 2. The second kappa shape index (κ2) is 8.10. The fourth-order valence-corrected chi connectivity index (χ4v) is 3.31. The summed E-state index contributed by atoms with van der Waals surface area (Å²) in [6.45, 7) is 2.88. The third-order valence-electron chi connectivity index (χ3n) is 4.66. The molecule has 1 N–H and O–H groups in total. The highest BCUT2D eigenvalue weighted by Gasteiger charge is 2.32. The van der Waals surface area contributed by atoms with Crippen molar-refractivity contribution < 1.29 is 27.8 Å². The molecule has 0 aliphatic carbocycles. The molecule has 1 aliphatic heterocycles. The molecule has 29 heavy (non-hydrogen) atoms. The van der Waals surface area contributed by atoms with Gasteiger partial charge in [-0.1, -0.05) is 19.1 Å². The number of hydrogen-bond donors (Lipinski definition) is 1. The number of hydrogen-bond acceptors (Lipinski definition) is 5. The predicted molar refractivity (Wildman–Crippen MR) is 99.2 cm³/mol. The van der Waals surface area contributed by atoms with Crippen LogP contribution in [0.25, 0.3) is 5.70 Å². The number of allylic oxidation sites excluding steroid dienone is 1. The number of carbonyl (C=O) groups is 1. The van der Waals surface area contributed by atoms with Crippen LogP contribution in [0.5, 0.6) is 5.88 Å². The fraction of sp³-hybridized carbons (Fsp3) is 0.350. The summed E-state index contributed by atoms with van der Waals surface area (Å²) < 4.78 is 41.5. The molecular formula is C20H20F3N3O3. The molecule has 6 nitrogen and oxygen atoms in total. The number of pyridine rings is 2. The molecule has 0 fully saturated rings. The molecule has 0 radical (unpaired) electrons. The Morgan fingerprint density at radius 3 is 2.69 bits per heavy atom. The summed E-state index contributed by atoms with van der Waals surface area (Å²) in [5.74, 6) is -1.19. The van der Waals surface area contributed by atoms with E-state index >= 15 is 0 Å². The zero-order chi connectivity index (χ0) is 21.2. The van der Waals surface area contributed by atoms with Crippen molar-refractivity contribution in [2.45, 2.75) is 39.0 Å². The van der Waals surface area contributed by atoms with Gasteiger partial charge in [-0.25, -0.2) is 14.8 Å². The minimum Gasteiger partial charge on any atom is -0.477 e. The molecule has 2 aromatic heterocycles. The highest BCUT2D eigenvalue weighted by atomic mass is 19.4. The van der Waals surface area contributed by atoms with E-state index in [2.05, 4.69) is 14.7 Å². The Balaban J connectivity index is 1.85. The Hall–Kier alpha value is -3.10. The van der Waals surface area contributed by atoms with Crippen molar-refractivity contribution in [2.75, 3.05) is 6.61 Å². The molecule has 2 aromatic rings. The van der Waals surface area contributed by atoms with Crippen molar-refractivity contribution in [2.24, 2.45) is 0 Å². The van der Waals surface area contributed by atoms with Gasteiger partial charge in [-0.05, 0) is 25.0 Å². The molecule has 154 valence electrons. The first-order valence-corrected chi connectivity index (χ1v) is 9.05. The van der Waals surface area contributed by atoms with Crippen molar-refractivity contribution in [3.63, 3.8) is 0 Å². The van der Waals surface area contributed by atoms with Crippen molar-refractivity contribution >= 4 is 11.7 Å². The van der Waals surface area contributed by atoms with Gasteiger partial charge in [0.2, 0.25) is 5.88 Å². The summed E-state index contributed by atoms with van der Waals surface area (Å²) in [5, 5.41) is 9.44. The molecule has 0 saturated heterocycles. The minimum atomic E-state index is -4.43. The monoisotopic (exact) mass is 407 g/mol. The molecule has 3 rings (SSSR count). The van der Waals surface area contributed by atoms with E-state index in [9.17, 15) is 23.1 Å². The molecule has 1 aliphatic rings. The van der Waals surface area contributed by atoms with E-state index < -0.39 is 18.8 Å². The standard InChI is InChI=1S/C20H20F3N3O3/c1-3-4-16-14-7-8-24-18(19(27)28)15(14)10-26(16)12(2)13-5-6-17(25-9-13)29-11-20(21,22)23/h4-9,12H,3,10-11H2,1-2H3,(H,27,28)/b16-4-. The van der Waals surface area contributed by atoms with E-state index in [4.69, 9.17) is 0 Å². The highest BCUT2D eigenvalue weighted by Crippen LogP contribution is 2.40. The van der Waals surface area contributed by atoms with E-state index in [-0.39, 0.29) is 17.6 Å². The average molecular weight is 407 g/mol. The topological polar surface area (TPSA) is 75.5 Å². The number of carboxylic acid groups (broad SMARTS) is 1. The fourth-order valence-electron chi connectivity index (χ4n) is 3.31. The molecular weight excluding hydrogens is 387 g/mol. The number of fused-ring (bicyclic) bond motifs is 1. The summed E-state index contributed by atoms with van der Waals surface area (Å²) in [6, 6.07) is 4.66. The molecule has 0 amide bonds. The predicted octanol–water partition coefficient (Wildman–Crippen LogP) is 4.44. The van der Waals surface area contributed by atoms with E-state index in [1.807, 2.05) is 24.8 Å². The Morgan fingerprint density at radius 2 is 2.10 bits per heavy atom. The van der Waals surface area contributed by atoms with Crippen molar-refractivity contribution in [3.05, 3.63) is 59.1 Å². The normalized spacial score (nSPS) is 16.0. The van der Waals surface area contributed by atoms with Gasteiger partial charge in [0.05, 0.1) is 6.04 Å². The van der Waals surface area contributed by atoms with Crippen LogP contribution in [0.2, 0.25) is 0 Å². The first-order chi connectivity index (χ1) is 13.7. The number of aromatic carboxylic acids is 1. The SMILES string of the molecule is CC/C=C1/c2ccnc(C(=O)O)c2CN1C(C)c1ccc(OCC(F)(F)F)nc1. The lowest BCUT2D eigenvalue weighted by Gasteiger charge is -2.28. The number of halogens is 3. The molecule has 0 aromatic carbocycles. The molecule has 1 atom stereocenters. The average Bonchev–Trinajstić information content (AvgIpc) is 3.04. The van der Waals surface area contributed by atoms with Crippen LogP contribution < -0.4 is 4.74 Å². The third-order valence-corrected chi connectivity index (χ3v) is 4.66. The molecule has 0 bridgehead atoms. The van der Waals surface area contributed by atoms with Gasteiger partial charge in [-0.3, -0.25) is 0 Å². The summed E-state index contributed by atoms with van der Waals surface area (Å²) >= 11 is 0. The first-order valence-electron chi connectivity index (χ1n) is 9.05. The van der Waals surface area contributed by atoms with Crippen LogP contribution in [-0.4, -0.2) is 38.7 Å². The largest absolute Gasteiger partial charge is 0.477 e. The Kier molecular flexibility index (Phi) is 5.76. The molecule has 0 saturated carbocycles. The lowest BCUT2D eigenvalue weighted by atomic mass is 10.1. The zero-order valence-corrected chi connectivity index (χ0v) is 15.9. The van der Waals surface area contributed by atoms with Crippen LogP contribution in [0.15, 0.2) is 36.7 Å². The van der Waals surface area contributed by atoms with Gasteiger partial charge >= 0.3 is 12.1 Å². The van der Waals surface area contributed by atoms with Crippen LogP contribution in [0.1, 0.15) is 53.5 Å². The van der Waals surface area contributed by atoms with Crippen molar-refractivity contribution in [1.29, 1.82) is 0 Å². The van der Waals surface area contributed by atoms with Gasteiger partial charge in [0.1, 0.15) is 0 Å².